The van der Waals surface area contributed by atoms with Crippen molar-refractivity contribution in [3.63, 3.8) is 0 Å². The predicted molar refractivity (Wildman–Crippen MR) is 52.7 cm³/mol. The number of hydrogen-bond acceptors (Lipinski definition) is 0. The Balaban J connectivity index is 1.96. The Morgan fingerprint density at radius 1 is 1.17 bits per heavy atom. The third-order valence-electron chi connectivity index (χ3n) is 4.07. The fourth-order valence-corrected chi connectivity index (χ4v) is 2.79. The van der Waals surface area contributed by atoms with Crippen molar-refractivity contribution < 1.29 is 0 Å². The summed E-state index contributed by atoms with van der Waals surface area (Å²) in [6, 6.07) is 0. The molecule has 2 saturated carbocycles. The molecule has 1 unspecified atom stereocenters. The topological polar surface area (TPSA) is 0 Å². The van der Waals surface area contributed by atoms with Crippen LogP contribution in [0.3, 0.4) is 0 Å². The van der Waals surface area contributed by atoms with E-state index >= 15 is 0 Å². The highest BCUT2D eigenvalue weighted by Gasteiger charge is 2.61. The lowest BCUT2D eigenvalue weighted by Gasteiger charge is -2.19. The second-order valence-corrected chi connectivity index (χ2v) is 5.39. The average molecular weight is 165 g/mol. The molecule has 0 N–H and O–H groups in total. The molecule has 0 saturated heterocycles. The van der Waals surface area contributed by atoms with Gasteiger partial charge in [-0.05, 0) is 48.3 Å². The average Bonchev–Trinajstić information content (AvgIpc) is 2.82. The summed E-state index contributed by atoms with van der Waals surface area (Å²) in [5.74, 6) is 4.72. The first kappa shape index (κ1) is 8.59. The van der Waals surface area contributed by atoms with Crippen molar-refractivity contribution in [2.24, 2.45) is 23.2 Å². The van der Waals surface area contributed by atoms with Gasteiger partial charge in [-0.2, -0.15) is 0 Å². The van der Waals surface area contributed by atoms with E-state index in [1.807, 2.05) is 5.92 Å². The van der Waals surface area contributed by atoms with Crippen molar-refractivity contribution >= 4 is 0 Å². The summed E-state index contributed by atoms with van der Waals surface area (Å²) in [5.41, 5.74) is 0.731. The highest BCUT2D eigenvalue weighted by atomic mass is 14.6. The maximum Gasteiger partial charge on any atom is -0.0140 e. The lowest BCUT2D eigenvalue weighted by molar-refractivity contribution is 0.384. The fourth-order valence-electron chi connectivity index (χ4n) is 2.79. The molecule has 0 bridgehead atoms. The van der Waals surface area contributed by atoms with Gasteiger partial charge in [0.2, 0.25) is 0 Å². The molecule has 0 aromatic heterocycles. The third kappa shape index (κ3) is 1.11. The molecule has 0 nitrogen and oxygen atoms in total. The quantitative estimate of drug-likeness (QED) is 0.598. The second-order valence-electron chi connectivity index (χ2n) is 5.39. The maximum absolute atomic E-state index is 2.40. The van der Waals surface area contributed by atoms with Gasteiger partial charge in [-0.1, -0.05) is 27.7 Å². The molecule has 0 heterocycles. The third-order valence-corrected chi connectivity index (χ3v) is 4.07. The van der Waals surface area contributed by atoms with E-state index in [1.54, 1.807) is 0 Å². The van der Waals surface area contributed by atoms with Crippen LogP contribution in [0.1, 0.15) is 47.0 Å². The monoisotopic (exact) mass is 165 g/mol. The highest BCUT2D eigenvalue weighted by Crippen LogP contribution is 2.70. The van der Waals surface area contributed by atoms with Crippen molar-refractivity contribution in [3.05, 3.63) is 5.92 Å². The van der Waals surface area contributed by atoms with Crippen molar-refractivity contribution in [2.45, 2.75) is 47.0 Å². The Morgan fingerprint density at radius 2 is 1.75 bits per heavy atom. The molecule has 0 aromatic rings. The summed E-state index contributed by atoms with van der Waals surface area (Å²) in [7, 11) is 0. The first-order valence-corrected chi connectivity index (χ1v) is 5.44. The van der Waals surface area contributed by atoms with Gasteiger partial charge < -0.3 is 0 Å². The van der Waals surface area contributed by atoms with Gasteiger partial charge in [0, 0.05) is 0 Å². The SMILES string of the molecule is CC(C)C1C[C]1C1(C(C)C)CC1. The lowest BCUT2D eigenvalue weighted by Crippen LogP contribution is -2.12. The second kappa shape index (κ2) is 2.49. The fraction of sp³-hybridized carbons (Fsp3) is 0.917. The first-order chi connectivity index (χ1) is 5.58. The summed E-state index contributed by atoms with van der Waals surface area (Å²) in [6.07, 6.45) is 4.43. The van der Waals surface area contributed by atoms with E-state index in [9.17, 15) is 0 Å². The molecular weight excluding hydrogens is 144 g/mol. The number of hydrogen-bond donors (Lipinski definition) is 0. The highest BCUT2D eigenvalue weighted by molar-refractivity contribution is 5.30. The Labute approximate surface area is 76.7 Å². The van der Waals surface area contributed by atoms with E-state index in [1.165, 1.54) is 19.3 Å². The standard InChI is InChI=1S/C12H21/c1-8(2)10-7-11(10)12(5-6-12)9(3)4/h8-10H,5-7H2,1-4H3. The molecule has 0 aromatic carbocycles. The van der Waals surface area contributed by atoms with Crippen molar-refractivity contribution in [2.75, 3.05) is 0 Å². The normalized spacial score (nSPS) is 33.0. The van der Waals surface area contributed by atoms with E-state index in [-0.39, 0.29) is 0 Å². The van der Waals surface area contributed by atoms with Crippen LogP contribution in [0.5, 0.6) is 0 Å². The number of rotatable bonds is 3. The van der Waals surface area contributed by atoms with Gasteiger partial charge in [0.05, 0.1) is 0 Å². The molecule has 0 aliphatic heterocycles. The molecule has 1 atom stereocenters. The minimum absolute atomic E-state index is 0.731. The van der Waals surface area contributed by atoms with Crippen molar-refractivity contribution in [1.82, 2.24) is 0 Å². The summed E-state index contributed by atoms with van der Waals surface area (Å²) in [4.78, 5) is 0. The van der Waals surface area contributed by atoms with Crippen molar-refractivity contribution in [3.8, 4) is 0 Å². The molecule has 1 radical (unpaired) electrons. The minimum Gasteiger partial charge on any atom is -0.0625 e. The molecule has 0 amide bonds. The summed E-state index contributed by atoms with van der Waals surface area (Å²) >= 11 is 0. The van der Waals surface area contributed by atoms with E-state index in [2.05, 4.69) is 27.7 Å². The van der Waals surface area contributed by atoms with Gasteiger partial charge in [-0.25, -0.2) is 0 Å². The zero-order chi connectivity index (χ0) is 8.93. The van der Waals surface area contributed by atoms with Crippen LogP contribution < -0.4 is 0 Å². The van der Waals surface area contributed by atoms with Crippen LogP contribution in [0, 0.1) is 29.1 Å². The lowest BCUT2D eigenvalue weighted by atomic mass is 9.85. The Hall–Kier alpha value is 0. The molecule has 2 fully saturated rings. The van der Waals surface area contributed by atoms with Gasteiger partial charge in [0.1, 0.15) is 0 Å². The van der Waals surface area contributed by atoms with Gasteiger partial charge in [0.25, 0.3) is 0 Å². The Bertz CT molecular complexity index is 174. The van der Waals surface area contributed by atoms with E-state index in [4.69, 9.17) is 0 Å². The van der Waals surface area contributed by atoms with Crippen LogP contribution in [0.15, 0.2) is 0 Å². The molecule has 0 heteroatoms. The first-order valence-electron chi connectivity index (χ1n) is 5.44. The molecular formula is C12H21. The van der Waals surface area contributed by atoms with Crippen LogP contribution in [0.25, 0.3) is 0 Å². The maximum atomic E-state index is 2.40. The summed E-state index contributed by atoms with van der Waals surface area (Å²) < 4.78 is 0. The summed E-state index contributed by atoms with van der Waals surface area (Å²) in [5, 5.41) is 0. The van der Waals surface area contributed by atoms with Crippen LogP contribution >= 0.6 is 0 Å². The van der Waals surface area contributed by atoms with Crippen LogP contribution in [-0.2, 0) is 0 Å². The predicted octanol–water partition coefficient (Wildman–Crippen LogP) is 3.67. The largest absolute Gasteiger partial charge is 0.0625 e. The molecule has 2 aliphatic rings. The van der Waals surface area contributed by atoms with Gasteiger partial charge in [-0.3, -0.25) is 0 Å². The van der Waals surface area contributed by atoms with E-state index in [0.29, 0.717) is 0 Å². The summed E-state index contributed by atoms with van der Waals surface area (Å²) in [6.45, 7) is 9.54. The van der Waals surface area contributed by atoms with Gasteiger partial charge >= 0.3 is 0 Å². The molecule has 69 valence electrons. The van der Waals surface area contributed by atoms with E-state index in [0.717, 1.165) is 23.2 Å². The minimum atomic E-state index is 0.731. The van der Waals surface area contributed by atoms with Crippen molar-refractivity contribution in [1.29, 1.82) is 0 Å². The molecule has 12 heavy (non-hydrogen) atoms. The van der Waals surface area contributed by atoms with Crippen LogP contribution in [-0.4, -0.2) is 0 Å². The Morgan fingerprint density at radius 3 is 2.00 bits per heavy atom. The zero-order valence-electron chi connectivity index (χ0n) is 8.85. The molecule has 2 aliphatic carbocycles. The van der Waals surface area contributed by atoms with Gasteiger partial charge in [0.15, 0.2) is 0 Å². The van der Waals surface area contributed by atoms with Crippen LogP contribution in [0.4, 0.5) is 0 Å². The van der Waals surface area contributed by atoms with Crippen LogP contribution in [0.2, 0.25) is 0 Å². The smallest absolute Gasteiger partial charge is 0.0140 e. The zero-order valence-corrected chi connectivity index (χ0v) is 8.85. The van der Waals surface area contributed by atoms with Gasteiger partial charge in [-0.15, -0.1) is 0 Å². The molecule has 2 rings (SSSR count). The van der Waals surface area contributed by atoms with E-state index < -0.39 is 0 Å². The Kier molecular flexibility index (Phi) is 1.79. The molecule has 0 spiro atoms.